The number of thiocarbonyl (C=S) groups is 1. The van der Waals surface area contributed by atoms with Crippen molar-refractivity contribution in [3.05, 3.63) is 93.9 Å². The van der Waals surface area contributed by atoms with Gasteiger partial charge in [0.1, 0.15) is 5.82 Å². The van der Waals surface area contributed by atoms with E-state index >= 15 is 0 Å². The molecule has 4 rings (SSSR count). The van der Waals surface area contributed by atoms with Gasteiger partial charge in [-0.2, -0.15) is 16.4 Å². The van der Waals surface area contributed by atoms with Gasteiger partial charge in [0.05, 0.1) is 11.8 Å². The summed E-state index contributed by atoms with van der Waals surface area (Å²) in [5.74, 6) is -0.246. The Bertz CT molecular complexity index is 970. The number of nitrogens with one attached hydrogen (secondary N) is 1. The van der Waals surface area contributed by atoms with Crippen LogP contribution in [0.25, 0.3) is 0 Å². The molecule has 3 aromatic rings. The van der Waals surface area contributed by atoms with Gasteiger partial charge in [-0.1, -0.05) is 42.5 Å². The van der Waals surface area contributed by atoms with E-state index in [1.54, 1.807) is 23.5 Å². The SMILES string of the molecule is Fc1cccc([C@@H]2CC(c3ccsc3)=NN2C(=S)NCCc2ccccc2)c1. The van der Waals surface area contributed by atoms with Crippen LogP contribution in [-0.4, -0.2) is 22.4 Å². The van der Waals surface area contributed by atoms with Crippen LogP contribution < -0.4 is 5.32 Å². The number of hydrogen-bond donors (Lipinski definition) is 1. The molecule has 0 bridgehead atoms. The summed E-state index contributed by atoms with van der Waals surface area (Å²) in [6.45, 7) is 0.721. The summed E-state index contributed by atoms with van der Waals surface area (Å²) in [4.78, 5) is 0. The molecule has 0 unspecified atom stereocenters. The second-order valence-corrected chi connectivity index (χ2v) is 7.81. The average molecular weight is 410 g/mol. The molecule has 0 saturated carbocycles. The number of halogens is 1. The largest absolute Gasteiger partial charge is 0.361 e. The van der Waals surface area contributed by atoms with Crippen molar-refractivity contribution in [1.82, 2.24) is 10.3 Å². The van der Waals surface area contributed by atoms with E-state index in [0.717, 1.165) is 29.8 Å². The number of hydrogen-bond acceptors (Lipinski definition) is 3. The van der Waals surface area contributed by atoms with Gasteiger partial charge in [0.15, 0.2) is 5.11 Å². The second kappa shape index (κ2) is 8.63. The molecule has 3 nitrogen and oxygen atoms in total. The van der Waals surface area contributed by atoms with E-state index in [9.17, 15) is 4.39 Å². The van der Waals surface area contributed by atoms with Crippen molar-refractivity contribution >= 4 is 34.4 Å². The van der Waals surface area contributed by atoms with Gasteiger partial charge in [-0.25, -0.2) is 9.40 Å². The summed E-state index contributed by atoms with van der Waals surface area (Å²) in [5, 5.41) is 14.6. The fourth-order valence-electron chi connectivity index (χ4n) is 3.31. The highest BCUT2D eigenvalue weighted by Gasteiger charge is 2.31. The van der Waals surface area contributed by atoms with E-state index in [0.29, 0.717) is 11.5 Å². The molecule has 1 atom stereocenters. The maximum absolute atomic E-state index is 13.8. The highest BCUT2D eigenvalue weighted by molar-refractivity contribution is 7.80. The fourth-order valence-corrected chi connectivity index (χ4v) is 4.25. The predicted molar refractivity (Wildman–Crippen MR) is 117 cm³/mol. The molecule has 2 heterocycles. The van der Waals surface area contributed by atoms with E-state index in [1.807, 2.05) is 34.7 Å². The molecule has 1 aliphatic rings. The molecular formula is C22H20FN3S2. The van der Waals surface area contributed by atoms with Crippen LogP contribution in [-0.2, 0) is 6.42 Å². The molecule has 28 heavy (non-hydrogen) atoms. The van der Waals surface area contributed by atoms with E-state index in [-0.39, 0.29) is 11.9 Å². The van der Waals surface area contributed by atoms with Crippen molar-refractivity contribution < 1.29 is 4.39 Å². The van der Waals surface area contributed by atoms with Crippen molar-refractivity contribution in [1.29, 1.82) is 0 Å². The minimum Gasteiger partial charge on any atom is -0.361 e. The molecule has 142 valence electrons. The minimum absolute atomic E-state index is 0.109. The van der Waals surface area contributed by atoms with Crippen LogP contribution in [0, 0.1) is 5.82 Å². The molecule has 1 N–H and O–H groups in total. The zero-order valence-corrected chi connectivity index (χ0v) is 16.8. The zero-order valence-electron chi connectivity index (χ0n) is 15.2. The van der Waals surface area contributed by atoms with Crippen molar-refractivity contribution in [3.63, 3.8) is 0 Å². The summed E-state index contributed by atoms with van der Waals surface area (Å²) in [6.07, 6.45) is 1.57. The summed E-state index contributed by atoms with van der Waals surface area (Å²) >= 11 is 7.28. The normalized spacial score (nSPS) is 16.1. The lowest BCUT2D eigenvalue weighted by molar-refractivity contribution is 0.363. The number of thiophene rings is 1. The standard InChI is InChI=1S/C22H20FN3S2/c23-19-8-4-7-17(13-19)21-14-20(18-10-12-28-15-18)25-26(21)22(27)24-11-9-16-5-2-1-3-6-16/h1-8,10,12-13,15,21H,9,11,14H2,(H,24,27)/t21-/m0/s1. The smallest absolute Gasteiger partial charge is 0.190 e. The lowest BCUT2D eigenvalue weighted by Crippen LogP contribution is -2.37. The van der Waals surface area contributed by atoms with Crippen LogP contribution in [0.15, 0.2) is 76.5 Å². The molecule has 0 saturated heterocycles. The molecule has 6 heteroatoms. The Morgan fingerprint density at radius 3 is 2.79 bits per heavy atom. The van der Waals surface area contributed by atoms with Crippen molar-refractivity contribution in [2.45, 2.75) is 18.9 Å². The maximum atomic E-state index is 13.8. The maximum Gasteiger partial charge on any atom is 0.190 e. The number of nitrogens with zero attached hydrogens (tertiary/aromatic N) is 2. The molecule has 0 radical (unpaired) electrons. The number of rotatable bonds is 5. The van der Waals surface area contributed by atoms with Gasteiger partial charge in [0.25, 0.3) is 0 Å². The lowest BCUT2D eigenvalue weighted by atomic mass is 10.00. The summed E-state index contributed by atoms with van der Waals surface area (Å²) in [7, 11) is 0. The van der Waals surface area contributed by atoms with E-state index < -0.39 is 0 Å². The van der Waals surface area contributed by atoms with Crippen molar-refractivity contribution in [2.75, 3.05) is 6.54 Å². The Balaban J connectivity index is 1.50. The zero-order chi connectivity index (χ0) is 19.3. The first-order chi connectivity index (χ1) is 13.7. The first kappa shape index (κ1) is 18.8. The fraction of sp³-hybridized carbons (Fsp3) is 0.182. The van der Waals surface area contributed by atoms with Crippen molar-refractivity contribution in [3.8, 4) is 0 Å². The lowest BCUT2D eigenvalue weighted by Gasteiger charge is -2.25. The highest BCUT2D eigenvalue weighted by atomic mass is 32.1. The third-order valence-corrected chi connectivity index (χ3v) is 5.75. The summed E-state index contributed by atoms with van der Waals surface area (Å²) in [5.41, 5.74) is 4.20. The Labute approximate surface area is 173 Å². The summed E-state index contributed by atoms with van der Waals surface area (Å²) in [6, 6.07) is 18.9. The third kappa shape index (κ3) is 4.29. The highest BCUT2D eigenvalue weighted by Crippen LogP contribution is 2.33. The van der Waals surface area contributed by atoms with Crippen LogP contribution in [0.4, 0.5) is 4.39 Å². The minimum atomic E-state index is -0.246. The van der Waals surface area contributed by atoms with Gasteiger partial charge in [-0.3, -0.25) is 0 Å². The molecule has 1 aromatic heterocycles. The molecule has 0 aliphatic carbocycles. The van der Waals surface area contributed by atoms with Gasteiger partial charge in [-0.05, 0) is 58.7 Å². The first-order valence-electron chi connectivity index (χ1n) is 9.17. The van der Waals surface area contributed by atoms with Gasteiger partial charge >= 0.3 is 0 Å². The monoisotopic (exact) mass is 409 g/mol. The van der Waals surface area contributed by atoms with Crippen LogP contribution >= 0.6 is 23.6 Å². The van der Waals surface area contributed by atoms with E-state index in [2.05, 4.69) is 28.9 Å². The Morgan fingerprint density at radius 1 is 1.18 bits per heavy atom. The molecule has 2 aromatic carbocycles. The predicted octanol–water partition coefficient (Wildman–Crippen LogP) is 5.16. The van der Waals surface area contributed by atoms with Gasteiger partial charge in [-0.15, -0.1) is 0 Å². The quantitative estimate of drug-likeness (QED) is 0.590. The second-order valence-electron chi connectivity index (χ2n) is 6.65. The van der Waals surface area contributed by atoms with Crippen LogP contribution in [0.1, 0.15) is 29.2 Å². The molecule has 1 aliphatic heterocycles. The van der Waals surface area contributed by atoms with Crippen LogP contribution in [0.2, 0.25) is 0 Å². The molecule has 0 spiro atoms. The van der Waals surface area contributed by atoms with Gasteiger partial charge < -0.3 is 5.32 Å². The summed E-state index contributed by atoms with van der Waals surface area (Å²) < 4.78 is 13.8. The number of benzene rings is 2. The Kier molecular flexibility index (Phi) is 5.78. The molecule has 0 fully saturated rings. The van der Waals surface area contributed by atoms with Gasteiger partial charge in [0, 0.05) is 18.5 Å². The molecular weight excluding hydrogens is 389 g/mol. The first-order valence-corrected chi connectivity index (χ1v) is 10.5. The van der Waals surface area contributed by atoms with Gasteiger partial charge in [0.2, 0.25) is 0 Å². The number of hydrazone groups is 1. The topological polar surface area (TPSA) is 27.6 Å². The van der Waals surface area contributed by atoms with Crippen LogP contribution in [0.5, 0.6) is 0 Å². The van der Waals surface area contributed by atoms with E-state index in [1.165, 1.54) is 11.6 Å². The Morgan fingerprint density at radius 2 is 2.04 bits per heavy atom. The average Bonchev–Trinajstić information content (AvgIpc) is 3.38. The van der Waals surface area contributed by atoms with E-state index in [4.69, 9.17) is 17.3 Å². The Hall–Kier alpha value is -2.57. The third-order valence-electron chi connectivity index (χ3n) is 4.74. The van der Waals surface area contributed by atoms with Crippen LogP contribution in [0.3, 0.4) is 0 Å². The van der Waals surface area contributed by atoms with Crippen molar-refractivity contribution in [2.24, 2.45) is 5.10 Å². The molecule has 0 amide bonds.